The van der Waals surface area contributed by atoms with E-state index in [4.69, 9.17) is 0 Å². The third-order valence-corrected chi connectivity index (χ3v) is 2.45. The summed E-state index contributed by atoms with van der Waals surface area (Å²) >= 11 is 0. The lowest BCUT2D eigenvalue weighted by molar-refractivity contribution is 0.565. The second-order valence-corrected chi connectivity index (χ2v) is 3.80. The van der Waals surface area contributed by atoms with Crippen LogP contribution in [0.4, 0.5) is 5.69 Å². The van der Waals surface area contributed by atoms with E-state index in [0.29, 0.717) is 12.2 Å². The highest BCUT2D eigenvalue weighted by Crippen LogP contribution is 2.10. The number of carbonyl (C=O) groups excluding carboxylic acids is 1. The van der Waals surface area contributed by atoms with Crippen molar-refractivity contribution < 1.29 is 4.79 Å². The highest BCUT2D eigenvalue weighted by Gasteiger charge is 1.97. The Labute approximate surface area is 105 Å². The maximum atomic E-state index is 10.2. The van der Waals surface area contributed by atoms with Crippen LogP contribution in [0.25, 0.3) is 0 Å². The quantitative estimate of drug-likeness (QED) is 0.643. The van der Waals surface area contributed by atoms with Crippen molar-refractivity contribution in [3.8, 4) is 0 Å². The fraction of sp³-hybridized carbons (Fsp3) is 0.143. The maximum absolute atomic E-state index is 10.2. The lowest BCUT2D eigenvalue weighted by Gasteiger charge is -2.04. The van der Waals surface area contributed by atoms with Crippen LogP contribution >= 0.6 is 0 Å². The number of aromatic nitrogens is 1. The highest BCUT2D eigenvalue weighted by atomic mass is 16.1. The molecule has 1 aromatic heterocycles. The number of aliphatic imine (C=N–C) groups is 1. The Bertz CT molecular complexity index is 548. The number of rotatable bonds is 5. The fourth-order valence-corrected chi connectivity index (χ4v) is 1.62. The van der Waals surface area contributed by atoms with Crippen LogP contribution in [0.5, 0.6) is 0 Å². The Balaban J connectivity index is 1.90. The molecule has 4 nitrogen and oxygen atoms in total. The lowest BCUT2D eigenvalue weighted by Crippen LogP contribution is -2.13. The number of nitrogens with zero attached hydrogens (tertiary/aromatic N) is 2. The van der Waals surface area contributed by atoms with Crippen LogP contribution < -0.4 is 5.32 Å². The molecule has 0 spiro atoms. The van der Waals surface area contributed by atoms with E-state index in [1.807, 2.05) is 18.2 Å². The van der Waals surface area contributed by atoms with Gasteiger partial charge >= 0.3 is 0 Å². The summed E-state index contributed by atoms with van der Waals surface area (Å²) in [6, 6.07) is 13.6. The van der Waals surface area contributed by atoms with E-state index in [9.17, 15) is 4.79 Å². The predicted octanol–water partition coefficient (Wildman–Crippen LogP) is 2.34. The van der Waals surface area contributed by atoms with Crippen molar-refractivity contribution in [3.63, 3.8) is 0 Å². The summed E-state index contributed by atoms with van der Waals surface area (Å²) in [4.78, 5) is 17.9. The van der Waals surface area contributed by atoms with Crippen molar-refractivity contribution in [2.75, 3.05) is 0 Å². The fourth-order valence-electron chi connectivity index (χ4n) is 1.62. The molecule has 1 heterocycles. The van der Waals surface area contributed by atoms with Crippen molar-refractivity contribution in [2.24, 2.45) is 4.99 Å². The summed E-state index contributed by atoms with van der Waals surface area (Å²) < 4.78 is 0. The van der Waals surface area contributed by atoms with E-state index in [2.05, 4.69) is 27.4 Å². The Hall–Kier alpha value is -2.29. The summed E-state index contributed by atoms with van der Waals surface area (Å²) in [6.07, 6.45) is 3.15. The summed E-state index contributed by atoms with van der Waals surface area (Å²) in [7, 11) is 0. The topological polar surface area (TPSA) is 54.4 Å². The molecule has 0 radical (unpaired) electrons. The van der Waals surface area contributed by atoms with Gasteiger partial charge in [-0.15, -0.1) is 0 Å². The second kappa shape index (κ2) is 6.45. The number of isocyanates is 1. The van der Waals surface area contributed by atoms with E-state index < -0.39 is 0 Å². The molecule has 90 valence electrons. The van der Waals surface area contributed by atoms with Gasteiger partial charge in [0.25, 0.3) is 0 Å². The van der Waals surface area contributed by atoms with Crippen LogP contribution in [0.3, 0.4) is 0 Å². The van der Waals surface area contributed by atoms with E-state index in [1.54, 1.807) is 18.3 Å². The molecule has 0 aliphatic carbocycles. The summed E-state index contributed by atoms with van der Waals surface area (Å²) in [6.45, 7) is 1.42. The Kier molecular flexibility index (Phi) is 4.36. The smallest absolute Gasteiger partial charge is 0.240 e. The number of hydrogen-bond acceptors (Lipinski definition) is 4. The number of benzene rings is 1. The van der Waals surface area contributed by atoms with E-state index in [1.165, 1.54) is 11.6 Å². The van der Waals surface area contributed by atoms with Gasteiger partial charge in [0.1, 0.15) is 0 Å². The van der Waals surface area contributed by atoms with Gasteiger partial charge < -0.3 is 5.32 Å². The Morgan fingerprint density at radius 3 is 2.78 bits per heavy atom. The first-order chi connectivity index (χ1) is 8.88. The summed E-state index contributed by atoms with van der Waals surface area (Å²) in [5.41, 5.74) is 2.65. The molecule has 0 amide bonds. The molecule has 2 rings (SSSR count). The molecular weight excluding hydrogens is 226 g/mol. The van der Waals surface area contributed by atoms with Crippen molar-refractivity contribution in [2.45, 2.75) is 13.1 Å². The normalized spacial score (nSPS) is 9.78. The zero-order chi connectivity index (χ0) is 12.6. The van der Waals surface area contributed by atoms with Gasteiger partial charge in [0.05, 0.1) is 11.4 Å². The van der Waals surface area contributed by atoms with Gasteiger partial charge in [-0.2, -0.15) is 4.99 Å². The molecule has 0 aliphatic heterocycles. The monoisotopic (exact) mass is 239 g/mol. The van der Waals surface area contributed by atoms with Crippen LogP contribution in [0.15, 0.2) is 53.7 Å². The molecule has 0 atom stereocenters. The molecule has 0 fully saturated rings. The van der Waals surface area contributed by atoms with Gasteiger partial charge in [0.2, 0.25) is 6.08 Å². The van der Waals surface area contributed by atoms with Crippen LogP contribution in [-0.4, -0.2) is 11.1 Å². The van der Waals surface area contributed by atoms with E-state index in [0.717, 1.165) is 12.2 Å². The summed E-state index contributed by atoms with van der Waals surface area (Å²) in [5, 5.41) is 3.28. The first-order valence-electron chi connectivity index (χ1n) is 5.66. The zero-order valence-corrected chi connectivity index (χ0v) is 9.84. The molecule has 1 N–H and O–H groups in total. The molecule has 0 bridgehead atoms. The van der Waals surface area contributed by atoms with Crippen molar-refractivity contribution in [3.05, 3.63) is 59.9 Å². The minimum atomic E-state index is 0.580. The largest absolute Gasteiger partial charge is 0.307 e. The summed E-state index contributed by atoms with van der Waals surface area (Å²) in [5.74, 6) is 0. The van der Waals surface area contributed by atoms with Crippen LogP contribution in [0.2, 0.25) is 0 Å². The third kappa shape index (κ3) is 3.63. The van der Waals surface area contributed by atoms with Gasteiger partial charge in [-0.1, -0.05) is 30.3 Å². The minimum Gasteiger partial charge on any atom is -0.307 e. The number of pyridine rings is 1. The van der Waals surface area contributed by atoms with Crippen LogP contribution in [0, 0.1) is 0 Å². The number of hydrogen-bond donors (Lipinski definition) is 1. The molecule has 1 aromatic carbocycles. The first-order valence-corrected chi connectivity index (χ1v) is 5.66. The third-order valence-electron chi connectivity index (χ3n) is 2.45. The Morgan fingerprint density at radius 1 is 1.17 bits per heavy atom. The zero-order valence-electron chi connectivity index (χ0n) is 9.84. The molecule has 0 saturated heterocycles. The predicted molar refractivity (Wildman–Crippen MR) is 69.0 cm³/mol. The van der Waals surface area contributed by atoms with Gasteiger partial charge in [0.15, 0.2) is 0 Å². The number of nitrogens with one attached hydrogen (secondary N) is 1. The highest BCUT2D eigenvalue weighted by molar-refractivity contribution is 5.48. The Morgan fingerprint density at radius 2 is 2.00 bits per heavy atom. The van der Waals surface area contributed by atoms with Crippen molar-refractivity contribution >= 4 is 11.8 Å². The van der Waals surface area contributed by atoms with Crippen LogP contribution in [0.1, 0.15) is 11.3 Å². The molecule has 0 aliphatic rings. The van der Waals surface area contributed by atoms with Crippen molar-refractivity contribution in [1.29, 1.82) is 0 Å². The molecule has 2 aromatic rings. The average molecular weight is 239 g/mol. The minimum absolute atomic E-state index is 0.580. The maximum Gasteiger partial charge on any atom is 0.240 e. The van der Waals surface area contributed by atoms with Gasteiger partial charge in [-0.25, -0.2) is 4.79 Å². The average Bonchev–Trinajstić information content (AvgIpc) is 2.41. The van der Waals surface area contributed by atoms with Crippen molar-refractivity contribution in [1.82, 2.24) is 10.3 Å². The molecule has 0 saturated carbocycles. The molecule has 0 unspecified atom stereocenters. The van der Waals surface area contributed by atoms with Gasteiger partial charge in [-0.05, 0) is 17.7 Å². The lowest BCUT2D eigenvalue weighted by atomic mass is 10.2. The molecule has 4 heteroatoms. The molecular formula is C14H13N3O. The van der Waals surface area contributed by atoms with E-state index in [-0.39, 0.29) is 0 Å². The van der Waals surface area contributed by atoms with Gasteiger partial charge in [0, 0.05) is 19.3 Å². The van der Waals surface area contributed by atoms with E-state index >= 15 is 0 Å². The second-order valence-electron chi connectivity index (χ2n) is 3.80. The van der Waals surface area contributed by atoms with Gasteiger partial charge in [-0.3, -0.25) is 4.98 Å². The molecule has 18 heavy (non-hydrogen) atoms. The first kappa shape index (κ1) is 12.2. The van der Waals surface area contributed by atoms with Crippen LogP contribution in [-0.2, 0) is 17.9 Å². The standard InChI is InChI=1S/C14H13N3O/c18-11-17-13-6-7-16-14(8-13)10-15-9-12-4-2-1-3-5-12/h1-8,15H,9-10H2. The SMILES string of the molecule is O=C=Nc1ccnc(CNCc2ccccc2)c1.